The summed E-state index contributed by atoms with van der Waals surface area (Å²) in [6.07, 6.45) is -1.64. The van der Waals surface area contributed by atoms with Gasteiger partial charge in [0.1, 0.15) is 0 Å². The molecule has 0 saturated carbocycles. The topological polar surface area (TPSA) is 133 Å². The molecule has 9 heteroatoms. The van der Waals surface area contributed by atoms with E-state index >= 15 is 0 Å². The standard InChI is InChI=1S/C5H9NO6S2/c1-2-5(3-4-6,13(7,8)9)14(10,11)12/h2-3H2,1H3,(H,7,8,9)(H,10,11,12). The van der Waals surface area contributed by atoms with Crippen molar-refractivity contribution in [1.82, 2.24) is 0 Å². The molecular weight excluding hydrogens is 234 g/mol. The molecule has 7 nitrogen and oxygen atoms in total. The molecule has 0 heterocycles. The maximum atomic E-state index is 10.8. The largest absolute Gasteiger partial charge is 0.288 e. The van der Waals surface area contributed by atoms with Gasteiger partial charge in [-0.15, -0.1) is 0 Å². The van der Waals surface area contributed by atoms with Crippen LogP contribution in [0.3, 0.4) is 0 Å². The lowest BCUT2D eigenvalue weighted by molar-refractivity contribution is 0.417. The molecular formula is C5H9NO6S2. The summed E-state index contributed by atoms with van der Waals surface area (Å²) in [5.74, 6) is 0. The van der Waals surface area contributed by atoms with Crippen LogP contribution in [0, 0.1) is 11.3 Å². The van der Waals surface area contributed by atoms with E-state index in [1.54, 1.807) is 0 Å². The fourth-order valence-corrected chi connectivity index (χ4v) is 3.21. The highest BCUT2D eigenvalue weighted by Crippen LogP contribution is 2.30. The van der Waals surface area contributed by atoms with E-state index in [-0.39, 0.29) is 0 Å². The summed E-state index contributed by atoms with van der Waals surface area (Å²) >= 11 is 0. The third-order valence-corrected chi connectivity index (χ3v) is 5.84. The van der Waals surface area contributed by atoms with E-state index in [2.05, 4.69) is 0 Å². The number of nitriles is 1. The van der Waals surface area contributed by atoms with Crippen molar-refractivity contribution in [3.63, 3.8) is 0 Å². The van der Waals surface area contributed by atoms with E-state index < -0.39 is 37.2 Å². The first-order chi connectivity index (χ1) is 6.12. The Morgan fingerprint density at radius 2 is 1.57 bits per heavy atom. The average Bonchev–Trinajstić information content (AvgIpc) is 1.94. The molecule has 0 spiro atoms. The minimum atomic E-state index is -5.06. The first kappa shape index (κ1) is 13.3. The Kier molecular flexibility index (Phi) is 3.63. The molecule has 0 aliphatic rings. The second-order valence-electron chi connectivity index (χ2n) is 2.55. The number of nitrogens with zero attached hydrogens (tertiary/aromatic N) is 1. The highest BCUT2D eigenvalue weighted by Gasteiger charge is 2.53. The second-order valence-corrected chi connectivity index (χ2v) is 6.27. The van der Waals surface area contributed by atoms with Crippen molar-refractivity contribution < 1.29 is 25.9 Å². The van der Waals surface area contributed by atoms with Crippen molar-refractivity contribution in [2.75, 3.05) is 0 Å². The Bertz CT molecular complexity index is 409. The molecule has 82 valence electrons. The molecule has 0 saturated heterocycles. The van der Waals surface area contributed by atoms with Crippen molar-refractivity contribution in [3.8, 4) is 6.07 Å². The summed E-state index contributed by atoms with van der Waals surface area (Å²) in [7, 11) is -10.1. The van der Waals surface area contributed by atoms with Crippen LogP contribution >= 0.6 is 0 Å². The predicted octanol–water partition coefficient (Wildman–Crippen LogP) is -0.218. The molecule has 0 bridgehead atoms. The van der Waals surface area contributed by atoms with E-state index in [0.29, 0.717) is 0 Å². The summed E-state index contributed by atoms with van der Waals surface area (Å²) in [4.78, 5) is 0. The lowest BCUT2D eigenvalue weighted by Crippen LogP contribution is -2.45. The van der Waals surface area contributed by atoms with Crippen molar-refractivity contribution >= 4 is 20.2 Å². The van der Waals surface area contributed by atoms with E-state index in [4.69, 9.17) is 14.4 Å². The van der Waals surface area contributed by atoms with Crippen LogP contribution in [0.15, 0.2) is 0 Å². The van der Waals surface area contributed by atoms with Gasteiger partial charge in [-0.3, -0.25) is 9.11 Å². The van der Waals surface area contributed by atoms with Crippen LogP contribution in [0.5, 0.6) is 0 Å². The van der Waals surface area contributed by atoms with Crippen molar-refractivity contribution in [3.05, 3.63) is 0 Å². The van der Waals surface area contributed by atoms with Crippen LogP contribution in [0.4, 0.5) is 0 Å². The van der Waals surface area contributed by atoms with Crippen LogP contribution in [0.2, 0.25) is 0 Å². The van der Waals surface area contributed by atoms with Crippen LogP contribution in [-0.4, -0.2) is 30.0 Å². The minimum Gasteiger partial charge on any atom is -0.284 e. The Hall–Kier alpha value is -0.690. The normalized spacial score (nSPS) is 13.6. The van der Waals surface area contributed by atoms with Crippen LogP contribution in [0.25, 0.3) is 0 Å². The number of hydrogen-bond acceptors (Lipinski definition) is 5. The molecule has 0 fully saturated rings. The fraction of sp³-hybridized carbons (Fsp3) is 0.800. The van der Waals surface area contributed by atoms with E-state index in [1.807, 2.05) is 0 Å². The molecule has 0 unspecified atom stereocenters. The first-order valence-corrected chi connectivity index (χ1v) is 6.31. The molecule has 0 rings (SSSR count). The molecule has 0 radical (unpaired) electrons. The maximum absolute atomic E-state index is 10.8. The van der Waals surface area contributed by atoms with Gasteiger partial charge in [0.05, 0.1) is 12.5 Å². The van der Waals surface area contributed by atoms with E-state index in [9.17, 15) is 16.8 Å². The predicted molar refractivity (Wildman–Crippen MR) is 46.3 cm³/mol. The second kappa shape index (κ2) is 3.82. The third-order valence-electron chi connectivity index (χ3n) is 1.83. The molecule has 0 aromatic carbocycles. The zero-order chi connectivity index (χ0) is 11.6. The molecule has 2 N–H and O–H groups in total. The quantitative estimate of drug-likeness (QED) is 0.652. The SMILES string of the molecule is CCC(CC#N)(S(=O)(=O)O)S(=O)(=O)O. The van der Waals surface area contributed by atoms with Crippen LogP contribution in [-0.2, 0) is 20.2 Å². The molecule has 0 aromatic rings. The summed E-state index contributed by atoms with van der Waals surface area (Å²) in [5.41, 5.74) is 0. The Morgan fingerprint density at radius 1 is 1.21 bits per heavy atom. The Morgan fingerprint density at radius 3 is 1.64 bits per heavy atom. The van der Waals surface area contributed by atoms with Crippen molar-refractivity contribution in [1.29, 1.82) is 5.26 Å². The molecule has 0 aliphatic heterocycles. The van der Waals surface area contributed by atoms with Gasteiger partial charge in [-0.2, -0.15) is 22.1 Å². The smallest absolute Gasteiger partial charge is 0.284 e. The Balaban J connectivity index is 5.87. The minimum absolute atomic E-state index is 0.613. The van der Waals surface area contributed by atoms with Gasteiger partial charge in [-0.05, 0) is 6.42 Å². The lowest BCUT2D eigenvalue weighted by Gasteiger charge is -2.22. The highest BCUT2D eigenvalue weighted by atomic mass is 32.3. The molecule has 0 atom stereocenters. The number of hydrogen-bond donors (Lipinski definition) is 2. The van der Waals surface area contributed by atoms with Gasteiger partial charge in [0.25, 0.3) is 20.2 Å². The third kappa shape index (κ3) is 2.03. The zero-order valence-electron chi connectivity index (χ0n) is 7.21. The van der Waals surface area contributed by atoms with Gasteiger partial charge in [-0.25, -0.2) is 0 Å². The van der Waals surface area contributed by atoms with Crippen molar-refractivity contribution in [2.45, 2.75) is 23.8 Å². The summed E-state index contributed by atoms with van der Waals surface area (Å²) in [5, 5.41) is 8.26. The zero-order valence-corrected chi connectivity index (χ0v) is 8.84. The van der Waals surface area contributed by atoms with Gasteiger partial charge in [-0.1, -0.05) is 6.92 Å². The van der Waals surface area contributed by atoms with E-state index in [1.165, 1.54) is 6.07 Å². The fourth-order valence-electron chi connectivity index (χ4n) is 0.926. The van der Waals surface area contributed by atoms with Crippen LogP contribution in [0.1, 0.15) is 19.8 Å². The van der Waals surface area contributed by atoms with Crippen LogP contribution < -0.4 is 0 Å². The molecule has 0 aliphatic carbocycles. The molecule has 0 amide bonds. The monoisotopic (exact) mass is 243 g/mol. The molecule has 14 heavy (non-hydrogen) atoms. The summed E-state index contributed by atoms with van der Waals surface area (Å²) < 4.78 is 57.7. The van der Waals surface area contributed by atoms with Crippen molar-refractivity contribution in [2.24, 2.45) is 0 Å². The highest BCUT2D eigenvalue weighted by molar-refractivity contribution is 8.05. The maximum Gasteiger partial charge on any atom is 0.288 e. The summed E-state index contributed by atoms with van der Waals surface area (Å²) in [6, 6.07) is 1.29. The van der Waals surface area contributed by atoms with Gasteiger partial charge < -0.3 is 0 Å². The number of rotatable bonds is 4. The van der Waals surface area contributed by atoms with Gasteiger partial charge in [0, 0.05) is 0 Å². The van der Waals surface area contributed by atoms with Gasteiger partial charge >= 0.3 is 0 Å². The van der Waals surface area contributed by atoms with E-state index in [0.717, 1.165) is 6.92 Å². The lowest BCUT2D eigenvalue weighted by atomic mass is 10.2. The van der Waals surface area contributed by atoms with Gasteiger partial charge in [0.15, 0.2) is 0 Å². The first-order valence-electron chi connectivity index (χ1n) is 3.43. The Labute approximate surface area is 81.8 Å². The summed E-state index contributed by atoms with van der Waals surface area (Å²) in [6.45, 7) is 1.12. The van der Waals surface area contributed by atoms with Gasteiger partial charge in [0.2, 0.25) is 4.08 Å². The average molecular weight is 243 g/mol. The molecule has 0 aromatic heterocycles.